The number of piperidine rings is 1. The predicted molar refractivity (Wildman–Crippen MR) is 91.4 cm³/mol. The van der Waals surface area contributed by atoms with Crippen LogP contribution in [0.2, 0.25) is 0 Å². The molecule has 1 N–H and O–H groups in total. The van der Waals surface area contributed by atoms with Gasteiger partial charge in [0, 0.05) is 24.1 Å². The minimum atomic E-state index is -3.53. The van der Waals surface area contributed by atoms with Gasteiger partial charge < -0.3 is 5.32 Å². The third-order valence-corrected chi connectivity index (χ3v) is 6.88. The fraction of sp³-hybridized carbons (Fsp3) is 0.562. The molecular formula is C16H21BrN2O3S. The molecule has 0 spiro atoms. The van der Waals surface area contributed by atoms with Crippen LogP contribution in [0.4, 0.5) is 0 Å². The molecule has 1 unspecified atom stereocenters. The normalized spacial score (nSPS) is 22.7. The summed E-state index contributed by atoms with van der Waals surface area (Å²) in [5.74, 6) is 0.380. The van der Waals surface area contributed by atoms with Crippen LogP contribution in [0.5, 0.6) is 0 Å². The molecule has 1 saturated heterocycles. The first-order valence-electron chi connectivity index (χ1n) is 8.00. The van der Waals surface area contributed by atoms with Crippen molar-refractivity contribution in [1.29, 1.82) is 0 Å². The SMILES string of the molecule is O=C(NCC1CC1)C1CCCN(S(=O)(=O)c2ccc(Br)cc2)C1. The fourth-order valence-corrected chi connectivity index (χ4v) is 4.63. The molecule has 1 heterocycles. The van der Waals surface area contributed by atoms with Crippen LogP contribution in [-0.4, -0.2) is 38.3 Å². The zero-order valence-corrected chi connectivity index (χ0v) is 15.3. The van der Waals surface area contributed by atoms with Crippen LogP contribution in [0.1, 0.15) is 25.7 Å². The molecule has 2 fully saturated rings. The first kappa shape index (κ1) is 16.9. The van der Waals surface area contributed by atoms with Crippen LogP contribution in [0.3, 0.4) is 0 Å². The van der Waals surface area contributed by atoms with Crippen molar-refractivity contribution < 1.29 is 13.2 Å². The van der Waals surface area contributed by atoms with Crippen molar-refractivity contribution in [3.05, 3.63) is 28.7 Å². The number of benzene rings is 1. The molecule has 23 heavy (non-hydrogen) atoms. The quantitative estimate of drug-likeness (QED) is 0.824. The summed E-state index contributed by atoms with van der Waals surface area (Å²) in [7, 11) is -3.53. The van der Waals surface area contributed by atoms with Gasteiger partial charge in [0.05, 0.1) is 10.8 Å². The summed E-state index contributed by atoms with van der Waals surface area (Å²) < 4.78 is 27.7. The number of hydrogen-bond donors (Lipinski definition) is 1. The van der Waals surface area contributed by atoms with E-state index in [9.17, 15) is 13.2 Å². The molecule has 1 aliphatic carbocycles. The Labute approximate surface area is 145 Å². The highest BCUT2D eigenvalue weighted by atomic mass is 79.9. The molecule has 3 rings (SSSR count). The number of carbonyl (C=O) groups excluding carboxylic acids is 1. The zero-order chi connectivity index (χ0) is 16.4. The minimum Gasteiger partial charge on any atom is -0.356 e. The average molecular weight is 401 g/mol. The molecule has 1 aromatic rings. The van der Waals surface area contributed by atoms with E-state index in [-0.39, 0.29) is 23.3 Å². The van der Waals surface area contributed by atoms with Crippen LogP contribution in [0.25, 0.3) is 0 Å². The number of hydrogen-bond acceptors (Lipinski definition) is 3. The van der Waals surface area contributed by atoms with Crippen LogP contribution < -0.4 is 5.32 Å². The average Bonchev–Trinajstić information content (AvgIpc) is 3.37. The maximum atomic E-state index is 12.7. The second kappa shape index (κ2) is 6.91. The van der Waals surface area contributed by atoms with Crippen molar-refractivity contribution >= 4 is 31.9 Å². The molecule has 1 amide bonds. The minimum absolute atomic E-state index is 0.00685. The highest BCUT2D eigenvalue weighted by molar-refractivity contribution is 9.10. The summed E-state index contributed by atoms with van der Waals surface area (Å²) in [5, 5.41) is 2.97. The molecule has 1 saturated carbocycles. The molecule has 7 heteroatoms. The smallest absolute Gasteiger partial charge is 0.243 e. The number of nitrogens with zero attached hydrogens (tertiary/aromatic N) is 1. The lowest BCUT2D eigenvalue weighted by Crippen LogP contribution is -2.45. The van der Waals surface area contributed by atoms with Gasteiger partial charge in [-0.05, 0) is 55.9 Å². The number of halogens is 1. The van der Waals surface area contributed by atoms with E-state index in [2.05, 4.69) is 21.2 Å². The van der Waals surface area contributed by atoms with Crippen molar-refractivity contribution in [1.82, 2.24) is 9.62 Å². The van der Waals surface area contributed by atoms with E-state index < -0.39 is 10.0 Å². The number of rotatable bonds is 5. The van der Waals surface area contributed by atoms with Crippen molar-refractivity contribution in [2.24, 2.45) is 11.8 Å². The van der Waals surface area contributed by atoms with Crippen LogP contribution >= 0.6 is 15.9 Å². The monoisotopic (exact) mass is 400 g/mol. The first-order chi connectivity index (χ1) is 11.0. The van der Waals surface area contributed by atoms with Gasteiger partial charge in [-0.15, -0.1) is 0 Å². The van der Waals surface area contributed by atoms with Gasteiger partial charge >= 0.3 is 0 Å². The number of nitrogens with one attached hydrogen (secondary N) is 1. The van der Waals surface area contributed by atoms with E-state index in [1.165, 1.54) is 17.1 Å². The lowest BCUT2D eigenvalue weighted by atomic mass is 9.99. The van der Waals surface area contributed by atoms with Crippen LogP contribution in [0.15, 0.2) is 33.6 Å². The van der Waals surface area contributed by atoms with Gasteiger partial charge in [0.1, 0.15) is 0 Å². The molecule has 0 radical (unpaired) electrons. The molecule has 1 aromatic carbocycles. The van der Waals surface area contributed by atoms with Crippen molar-refractivity contribution in [2.45, 2.75) is 30.6 Å². The molecule has 0 aromatic heterocycles. The molecule has 1 aliphatic heterocycles. The Hall–Kier alpha value is -0.920. The summed E-state index contributed by atoms with van der Waals surface area (Å²) in [6.45, 7) is 1.48. The molecular weight excluding hydrogens is 380 g/mol. The lowest BCUT2D eigenvalue weighted by molar-refractivity contribution is -0.126. The van der Waals surface area contributed by atoms with Gasteiger partial charge in [0.25, 0.3) is 0 Å². The van der Waals surface area contributed by atoms with Crippen molar-refractivity contribution in [3.63, 3.8) is 0 Å². The summed E-state index contributed by atoms with van der Waals surface area (Å²) in [6, 6.07) is 6.62. The second-order valence-corrected chi connectivity index (χ2v) is 9.20. The highest BCUT2D eigenvalue weighted by Crippen LogP contribution is 2.28. The summed E-state index contributed by atoms with van der Waals surface area (Å²) in [4.78, 5) is 12.5. The van der Waals surface area contributed by atoms with Crippen molar-refractivity contribution in [3.8, 4) is 0 Å². The van der Waals surface area contributed by atoms with Gasteiger partial charge in [-0.1, -0.05) is 15.9 Å². The Morgan fingerprint density at radius 2 is 1.91 bits per heavy atom. The maximum Gasteiger partial charge on any atom is 0.243 e. The molecule has 2 aliphatic rings. The largest absolute Gasteiger partial charge is 0.356 e. The summed E-state index contributed by atoms with van der Waals surface area (Å²) in [5.41, 5.74) is 0. The van der Waals surface area contributed by atoms with Gasteiger partial charge in [-0.3, -0.25) is 4.79 Å². The maximum absolute atomic E-state index is 12.7. The van der Waals surface area contributed by atoms with Gasteiger partial charge in [-0.25, -0.2) is 8.42 Å². The molecule has 1 atom stereocenters. The number of carbonyl (C=O) groups is 1. The van der Waals surface area contributed by atoms with Crippen LogP contribution in [-0.2, 0) is 14.8 Å². The van der Waals surface area contributed by atoms with E-state index in [0.29, 0.717) is 12.5 Å². The van der Waals surface area contributed by atoms with Gasteiger partial charge in [0.15, 0.2) is 0 Å². The Kier molecular flexibility index (Phi) is 5.08. The van der Waals surface area contributed by atoms with Gasteiger partial charge in [-0.2, -0.15) is 4.31 Å². The zero-order valence-electron chi connectivity index (χ0n) is 12.9. The predicted octanol–water partition coefficient (Wildman–Crippen LogP) is 2.38. The summed E-state index contributed by atoms with van der Waals surface area (Å²) >= 11 is 3.31. The van der Waals surface area contributed by atoms with E-state index in [1.54, 1.807) is 24.3 Å². The second-order valence-electron chi connectivity index (χ2n) is 6.34. The van der Waals surface area contributed by atoms with E-state index in [1.807, 2.05) is 0 Å². The Morgan fingerprint density at radius 1 is 1.22 bits per heavy atom. The number of amides is 1. The Bertz CT molecular complexity index is 671. The fourth-order valence-electron chi connectivity index (χ4n) is 2.84. The summed E-state index contributed by atoms with van der Waals surface area (Å²) in [6.07, 6.45) is 3.85. The Morgan fingerprint density at radius 3 is 2.57 bits per heavy atom. The Balaban J connectivity index is 1.66. The van der Waals surface area contributed by atoms with E-state index >= 15 is 0 Å². The van der Waals surface area contributed by atoms with Crippen molar-refractivity contribution in [2.75, 3.05) is 19.6 Å². The topological polar surface area (TPSA) is 66.5 Å². The van der Waals surface area contributed by atoms with E-state index in [0.717, 1.165) is 23.9 Å². The molecule has 126 valence electrons. The highest BCUT2D eigenvalue weighted by Gasteiger charge is 2.33. The first-order valence-corrected chi connectivity index (χ1v) is 10.2. The van der Waals surface area contributed by atoms with E-state index in [4.69, 9.17) is 0 Å². The third-order valence-electron chi connectivity index (χ3n) is 4.47. The standard InChI is InChI=1S/C16H21BrN2O3S/c17-14-5-7-15(8-6-14)23(21,22)19-9-1-2-13(11-19)16(20)18-10-12-3-4-12/h5-8,12-13H,1-4,9-11H2,(H,18,20). The number of sulfonamides is 1. The van der Waals surface area contributed by atoms with Gasteiger partial charge in [0.2, 0.25) is 15.9 Å². The lowest BCUT2D eigenvalue weighted by Gasteiger charge is -2.31. The molecule has 0 bridgehead atoms. The molecule has 5 nitrogen and oxygen atoms in total. The van der Waals surface area contributed by atoms with Crippen LogP contribution in [0, 0.1) is 11.8 Å². The third kappa shape index (κ3) is 4.14.